The van der Waals surface area contributed by atoms with Gasteiger partial charge in [0.05, 0.1) is 34.1 Å². The average Bonchev–Trinajstić information content (AvgIpc) is 3.22. The summed E-state index contributed by atoms with van der Waals surface area (Å²) in [5, 5.41) is 11.9. The summed E-state index contributed by atoms with van der Waals surface area (Å²) in [6.07, 6.45) is 1.65. The molecule has 1 aliphatic heterocycles. The van der Waals surface area contributed by atoms with Crippen molar-refractivity contribution in [2.75, 3.05) is 11.5 Å². The Morgan fingerprint density at radius 3 is 2.46 bits per heavy atom. The van der Waals surface area contributed by atoms with Gasteiger partial charge in [-0.1, -0.05) is 25.5 Å². The molecular weight excluding hydrogens is 500 g/mol. The summed E-state index contributed by atoms with van der Waals surface area (Å²) in [4.78, 5) is 52.4. The molecule has 198 valence electrons. The van der Waals surface area contributed by atoms with Crippen LogP contribution in [0.2, 0.25) is 0 Å². The van der Waals surface area contributed by atoms with Crippen molar-refractivity contribution in [2.45, 2.75) is 39.7 Å². The first-order valence-corrected chi connectivity index (χ1v) is 12.6. The lowest BCUT2D eigenvalue weighted by Crippen LogP contribution is -2.29. The number of rotatable bonds is 7. The highest BCUT2D eigenvalue weighted by molar-refractivity contribution is 6.11. The van der Waals surface area contributed by atoms with Crippen LogP contribution < -0.4 is 10.3 Å². The maximum absolute atomic E-state index is 13.8. The van der Waals surface area contributed by atoms with Gasteiger partial charge in [-0.3, -0.25) is 24.6 Å². The van der Waals surface area contributed by atoms with Gasteiger partial charge in [0.1, 0.15) is 5.58 Å². The molecule has 39 heavy (non-hydrogen) atoms. The molecule has 0 saturated carbocycles. The van der Waals surface area contributed by atoms with Crippen molar-refractivity contribution in [3.8, 4) is 0 Å². The first-order chi connectivity index (χ1) is 18.7. The number of carbonyl (C=O) groups is 2. The molecule has 4 aromatic rings. The lowest BCUT2D eigenvalue weighted by molar-refractivity contribution is -0.384. The highest BCUT2D eigenvalue weighted by Crippen LogP contribution is 2.42. The second kappa shape index (κ2) is 10.2. The highest BCUT2D eigenvalue weighted by Gasteiger charge is 2.44. The minimum atomic E-state index is -0.975. The monoisotopic (exact) mass is 526 g/mol. The van der Waals surface area contributed by atoms with Gasteiger partial charge in [-0.15, -0.1) is 0 Å². The van der Waals surface area contributed by atoms with Crippen LogP contribution in [0.5, 0.6) is 0 Å². The average molecular weight is 527 g/mol. The number of unbranched alkanes of at least 4 members (excludes halogenated alkanes) is 1. The van der Waals surface area contributed by atoms with Crippen molar-refractivity contribution in [3.63, 3.8) is 0 Å². The molecule has 1 amide bonds. The molecule has 5 rings (SSSR count). The molecular formula is C30H26N2O7. The number of hydrogen-bond donors (Lipinski definition) is 0. The van der Waals surface area contributed by atoms with Crippen LogP contribution >= 0.6 is 0 Å². The predicted octanol–water partition coefficient (Wildman–Crippen LogP) is 6.02. The summed E-state index contributed by atoms with van der Waals surface area (Å²) in [5.74, 6) is -1.15. The number of hydrogen-bond acceptors (Lipinski definition) is 7. The zero-order chi connectivity index (χ0) is 27.8. The zero-order valence-electron chi connectivity index (χ0n) is 21.7. The summed E-state index contributed by atoms with van der Waals surface area (Å²) in [6.45, 7) is 6.07. The minimum Gasteiger partial charge on any atom is -0.462 e. The van der Waals surface area contributed by atoms with Crippen LogP contribution in [0.1, 0.15) is 69.0 Å². The van der Waals surface area contributed by atoms with Gasteiger partial charge in [0.2, 0.25) is 5.76 Å². The lowest BCUT2D eigenvalue weighted by atomic mass is 9.97. The first kappa shape index (κ1) is 25.8. The highest BCUT2D eigenvalue weighted by atomic mass is 16.6. The van der Waals surface area contributed by atoms with Gasteiger partial charge in [0.25, 0.3) is 11.6 Å². The largest absolute Gasteiger partial charge is 0.462 e. The molecule has 9 heteroatoms. The third-order valence-electron chi connectivity index (χ3n) is 7.00. The maximum Gasteiger partial charge on any atom is 0.338 e. The number of benzene rings is 3. The Balaban J connectivity index is 1.66. The van der Waals surface area contributed by atoms with E-state index in [0.717, 1.165) is 24.0 Å². The fourth-order valence-corrected chi connectivity index (χ4v) is 4.77. The van der Waals surface area contributed by atoms with Gasteiger partial charge in [-0.2, -0.15) is 0 Å². The van der Waals surface area contributed by atoms with E-state index in [9.17, 15) is 24.5 Å². The molecule has 0 N–H and O–H groups in total. The molecule has 0 fully saturated rings. The molecule has 0 aliphatic carbocycles. The Kier molecular flexibility index (Phi) is 6.74. The number of nitrogens with zero attached hydrogens (tertiary/aromatic N) is 2. The minimum absolute atomic E-state index is 0.110. The van der Waals surface area contributed by atoms with Gasteiger partial charge >= 0.3 is 5.97 Å². The number of nitro groups is 1. The fourth-order valence-electron chi connectivity index (χ4n) is 4.77. The SMILES string of the molecule is CCCCOC(=O)c1ccc(N2C(=O)c3oc4cc(C)c(C)cc4c(=O)c3C2c2cccc([N+](=O)[O-])c2)cc1. The third-order valence-corrected chi connectivity index (χ3v) is 7.00. The Hall–Kier alpha value is -4.79. The van der Waals surface area contributed by atoms with E-state index < -0.39 is 22.8 Å². The van der Waals surface area contributed by atoms with Crippen molar-refractivity contribution in [2.24, 2.45) is 0 Å². The summed E-state index contributed by atoms with van der Waals surface area (Å²) < 4.78 is 11.3. The molecule has 1 atom stereocenters. The molecule has 0 saturated heterocycles. The van der Waals surface area contributed by atoms with Crippen LogP contribution in [0.4, 0.5) is 11.4 Å². The molecule has 0 spiro atoms. The van der Waals surface area contributed by atoms with Crippen molar-refractivity contribution < 1.29 is 23.7 Å². The normalized spacial score (nSPS) is 14.5. The van der Waals surface area contributed by atoms with Crippen molar-refractivity contribution in [3.05, 3.63) is 115 Å². The number of nitro benzene ring substituents is 1. The Morgan fingerprint density at radius 1 is 1.05 bits per heavy atom. The van der Waals surface area contributed by atoms with Gasteiger partial charge in [0, 0.05) is 17.8 Å². The zero-order valence-corrected chi connectivity index (χ0v) is 21.7. The van der Waals surface area contributed by atoms with Crippen LogP contribution in [0, 0.1) is 24.0 Å². The number of ether oxygens (including phenoxy) is 1. The summed E-state index contributed by atoms with van der Waals surface area (Å²) in [5.41, 5.74) is 2.75. The van der Waals surface area contributed by atoms with E-state index in [1.807, 2.05) is 20.8 Å². The third kappa shape index (κ3) is 4.56. The van der Waals surface area contributed by atoms with E-state index in [2.05, 4.69) is 0 Å². The molecule has 0 radical (unpaired) electrons. The molecule has 0 bridgehead atoms. The second-order valence-corrected chi connectivity index (χ2v) is 9.57. The Labute approximate surface area is 223 Å². The summed E-state index contributed by atoms with van der Waals surface area (Å²) in [7, 11) is 0. The van der Waals surface area contributed by atoms with Crippen LogP contribution in [0.25, 0.3) is 11.0 Å². The quantitative estimate of drug-likeness (QED) is 0.125. The van der Waals surface area contributed by atoms with Crippen LogP contribution in [0.15, 0.2) is 69.9 Å². The molecule has 2 heterocycles. The van der Waals surface area contributed by atoms with Gasteiger partial charge in [-0.05, 0) is 73.4 Å². The Bertz CT molecular complexity index is 1690. The predicted molar refractivity (Wildman–Crippen MR) is 145 cm³/mol. The van der Waals surface area contributed by atoms with E-state index >= 15 is 0 Å². The van der Waals surface area contributed by atoms with Gasteiger partial charge in [-0.25, -0.2) is 4.79 Å². The molecule has 1 aromatic heterocycles. The van der Waals surface area contributed by atoms with E-state index in [1.54, 1.807) is 42.5 Å². The first-order valence-electron chi connectivity index (χ1n) is 12.6. The number of carbonyl (C=O) groups excluding carboxylic acids is 2. The number of esters is 1. The van der Waals surface area contributed by atoms with Crippen LogP contribution in [0.3, 0.4) is 0 Å². The van der Waals surface area contributed by atoms with Crippen LogP contribution in [-0.4, -0.2) is 23.4 Å². The van der Waals surface area contributed by atoms with E-state index in [-0.39, 0.29) is 22.4 Å². The van der Waals surface area contributed by atoms with E-state index in [4.69, 9.17) is 9.15 Å². The molecule has 1 unspecified atom stereocenters. The second-order valence-electron chi connectivity index (χ2n) is 9.57. The molecule has 9 nitrogen and oxygen atoms in total. The van der Waals surface area contributed by atoms with E-state index in [0.29, 0.717) is 34.4 Å². The van der Waals surface area contributed by atoms with Crippen LogP contribution in [-0.2, 0) is 4.74 Å². The number of anilines is 1. The number of fused-ring (bicyclic) bond motifs is 2. The topological polar surface area (TPSA) is 120 Å². The smallest absolute Gasteiger partial charge is 0.338 e. The molecule has 3 aromatic carbocycles. The number of aryl methyl sites for hydroxylation is 2. The maximum atomic E-state index is 13.8. The van der Waals surface area contributed by atoms with Gasteiger partial charge in [0.15, 0.2) is 5.43 Å². The lowest BCUT2D eigenvalue weighted by Gasteiger charge is -2.25. The standard InChI is InChI=1S/C30H26N2O7/c1-4-5-13-38-30(35)19-9-11-21(12-10-19)31-26(20-7-6-8-22(16-20)32(36)37)25-27(33)23-14-17(2)18(3)15-24(23)39-28(25)29(31)34/h6-12,14-16,26H,4-5,13H2,1-3H3. The van der Waals surface area contributed by atoms with Gasteiger partial charge < -0.3 is 9.15 Å². The number of non-ortho nitro benzene ring substituents is 1. The Morgan fingerprint density at radius 2 is 1.77 bits per heavy atom. The van der Waals surface area contributed by atoms with Crippen molar-refractivity contribution >= 4 is 34.2 Å². The fraction of sp³-hybridized carbons (Fsp3) is 0.233. The summed E-state index contributed by atoms with van der Waals surface area (Å²) in [6, 6.07) is 14.6. The van der Waals surface area contributed by atoms with Crippen molar-refractivity contribution in [1.82, 2.24) is 0 Å². The van der Waals surface area contributed by atoms with Crippen molar-refractivity contribution in [1.29, 1.82) is 0 Å². The van der Waals surface area contributed by atoms with E-state index in [1.165, 1.54) is 23.1 Å². The number of amides is 1. The summed E-state index contributed by atoms with van der Waals surface area (Å²) >= 11 is 0. The molecule has 1 aliphatic rings.